The summed E-state index contributed by atoms with van der Waals surface area (Å²) >= 11 is 0. The van der Waals surface area contributed by atoms with Crippen LogP contribution in [0.4, 0.5) is 11.4 Å². The van der Waals surface area contributed by atoms with Crippen molar-refractivity contribution in [2.24, 2.45) is 0 Å². The van der Waals surface area contributed by atoms with Gasteiger partial charge in [-0.1, -0.05) is 12.1 Å². The van der Waals surface area contributed by atoms with Gasteiger partial charge in [-0.05, 0) is 26.0 Å². The smallest absolute Gasteiger partial charge is 0.326 e. The highest BCUT2D eigenvalue weighted by Gasteiger charge is 2.39. The lowest BCUT2D eigenvalue weighted by Gasteiger charge is -2.20. The number of nitrogens with zero attached hydrogens (tertiary/aromatic N) is 3. The van der Waals surface area contributed by atoms with Crippen LogP contribution in [0.25, 0.3) is 0 Å². The summed E-state index contributed by atoms with van der Waals surface area (Å²) in [4.78, 5) is 4.43. The van der Waals surface area contributed by atoms with E-state index in [-0.39, 0.29) is 6.54 Å². The van der Waals surface area contributed by atoms with Crippen molar-refractivity contribution in [1.29, 1.82) is 0 Å². The first kappa shape index (κ1) is 15.6. The Labute approximate surface area is 136 Å². The van der Waals surface area contributed by atoms with Crippen LogP contribution in [0.2, 0.25) is 0 Å². The molecule has 0 fully saturated rings. The van der Waals surface area contributed by atoms with Crippen LogP contribution in [0.3, 0.4) is 0 Å². The fraction of sp³-hybridized carbons (Fsp3) is 0.312. The standard InChI is InChI=1S/C16H19N3O3S/c1-4-18-15-7-5-6-8-16(15)19(23(18,20)21)11-13-10-14(22-3)9-12(2)17-13/h5-10H,4,11H2,1-3H3. The maximum atomic E-state index is 12.8. The highest BCUT2D eigenvalue weighted by Crippen LogP contribution is 2.41. The second kappa shape index (κ2) is 5.73. The maximum absolute atomic E-state index is 12.8. The minimum atomic E-state index is -3.58. The zero-order valence-electron chi connectivity index (χ0n) is 13.4. The van der Waals surface area contributed by atoms with Crippen LogP contribution >= 0.6 is 0 Å². The van der Waals surface area contributed by atoms with Gasteiger partial charge in [0.15, 0.2) is 0 Å². The molecule has 122 valence electrons. The van der Waals surface area contributed by atoms with Gasteiger partial charge < -0.3 is 4.74 Å². The number of anilines is 2. The molecule has 6 nitrogen and oxygen atoms in total. The molecular formula is C16H19N3O3S. The Balaban J connectivity index is 2.04. The Morgan fingerprint density at radius 2 is 1.78 bits per heavy atom. The molecule has 0 saturated carbocycles. The van der Waals surface area contributed by atoms with Crippen LogP contribution < -0.4 is 13.3 Å². The minimum Gasteiger partial charge on any atom is -0.497 e. The second-order valence-corrected chi connectivity index (χ2v) is 7.08. The number of aryl methyl sites for hydroxylation is 1. The number of benzene rings is 1. The number of methoxy groups -OCH3 is 1. The highest BCUT2D eigenvalue weighted by molar-refractivity contribution is 7.94. The molecule has 2 heterocycles. The first-order chi connectivity index (χ1) is 11.0. The summed E-state index contributed by atoms with van der Waals surface area (Å²) in [5, 5.41) is 0. The molecule has 1 aromatic heterocycles. The van der Waals surface area contributed by atoms with E-state index in [4.69, 9.17) is 4.74 Å². The molecule has 0 spiro atoms. The quantitative estimate of drug-likeness (QED) is 0.862. The molecule has 1 aromatic carbocycles. The van der Waals surface area contributed by atoms with E-state index in [2.05, 4.69) is 4.98 Å². The van der Waals surface area contributed by atoms with Gasteiger partial charge in [0.2, 0.25) is 0 Å². The number of rotatable bonds is 4. The third-order valence-electron chi connectivity index (χ3n) is 3.78. The normalized spacial score (nSPS) is 15.6. The molecular weight excluding hydrogens is 314 g/mol. The van der Waals surface area contributed by atoms with E-state index in [1.165, 1.54) is 8.61 Å². The fourth-order valence-electron chi connectivity index (χ4n) is 2.80. The SMILES string of the molecule is CCN1c2ccccc2N(Cc2cc(OC)cc(C)n2)S1(=O)=O. The summed E-state index contributed by atoms with van der Waals surface area (Å²) in [7, 11) is -2.00. The Kier molecular flexibility index (Phi) is 3.89. The molecule has 3 rings (SSSR count). The number of aromatic nitrogens is 1. The van der Waals surface area contributed by atoms with Crippen LogP contribution in [0.1, 0.15) is 18.3 Å². The zero-order valence-corrected chi connectivity index (χ0v) is 14.2. The van der Waals surface area contributed by atoms with Crippen molar-refractivity contribution in [3.63, 3.8) is 0 Å². The van der Waals surface area contributed by atoms with E-state index in [1.807, 2.05) is 44.2 Å². The van der Waals surface area contributed by atoms with Crippen molar-refractivity contribution in [1.82, 2.24) is 4.98 Å². The molecule has 7 heteroatoms. The topological polar surface area (TPSA) is 62.7 Å². The summed E-state index contributed by atoms with van der Waals surface area (Å²) in [5.41, 5.74) is 2.82. The number of hydrogen-bond acceptors (Lipinski definition) is 4. The average Bonchev–Trinajstić information content (AvgIpc) is 2.73. The molecule has 0 saturated heterocycles. The third-order valence-corrected chi connectivity index (χ3v) is 5.68. The number of hydrogen-bond donors (Lipinski definition) is 0. The fourth-order valence-corrected chi connectivity index (χ4v) is 4.47. The summed E-state index contributed by atoms with van der Waals surface area (Å²) < 4.78 is 33.7. The molecule has 0 atom stereocenters. The predicted molar refractivity (Wildman–Crippen MR) is 90.1 cm³/mol. The Morgan fingerprint density at radius 1 is 1.13 bits per heavy atom. The average molecular weight is 333 g/mol. The molecule has 1 aliphatic rings. The molecule has 23 heavy (non-hydrogen) atoms. The summed E-state index contributed by atoms with van der Waals surface area (Å²) in [6.07, 6.45) is 0. The van der Waals surface area contributed by atoms with Crippen molar-refractivity contribution in [3.05, 3.63) is 47.8 Å². The van der Waals surface area contributed by atoms with Crippen molar-refractivity contribution < 1.29 is 13.2 Å². The Bertz CT molecular complexity index is 836. The van der Waals surface area contributed by atoms with E-state index < -0.39 is 10.2 Å². The van der Waals surface area contributed by atoms with E-state index >= 15 is 0 Å². The third kappa shape index (κ3) is 2.61. The van der Waals surface area contributed by atoms with E-state index in [9.17, 15) is 8.42 Å². The number of pyridine rings is 1. The largest absolute Gasteiger partial charge is 0.497 e. The maximum Gasteiger partial charge on any atom is 0.326 e. The first-order valence-electron chi connectivity index (χ1n) is 7.38. The van der Waals surface area contributed by atoms with E-state index in [0.29, 0.717) is 29.4 Å². The summed E-state index contributed by atoms with van der Waals surface area (Å²) in [6.45, 7) is 4.25. The molecule has 0 bridgehead atoms. The second-order valence-electron chi connectivity index (χ2n) is 5.31. The number of ether oxygens (including phenoxy) is 1. The van der Waals surface area contributed by atoms with Crippen molar-refractivity contribution >= 4 is 21.6 Å². The highest BCUT2D eigenvalue weighted by atomic mass is 32.2. The van der Waals surface area contributed by atoms with Crippen molar-refractivity contribution in [2.45, 2.75) is 20.4 Å². The van der Waals surface area contributed by atoms with Gasteiger partial charge >= 0.3 is 10.2 Å². The van der Waals surface area contributed by atoms with Crippen LogP contribution in [-0.4, -0.2) is 27.1 Å². The molecule has 0 N–H and O–H groups in total. The van der Waals surface area contributed by atoms with Gasteiger partial charge in [-0.2, -0.15) is 8.42 Å². The first-order valence-corrected chi connectivity index (χ1v) is 8.78. The Hall–Kier alpha value is -2.28. The van der Waals surface area contributed by atoms with Gasteiger partial charge in [-0.15, -0.1) is 0 Å². The lowest BCUT2D eigenvalue weighted by Crippen LogP contribution is -2.37. The van der Waals surface area contributed by atoms with Crippen LogP contribution in [-0.2, 0) is 16.8 Å². The molecule has 0 radical (unpaired) electrons. The van der Waals surface area contributed by atoms with E-state index in [0.717, 1.165) is 5.69 Å². The summed E-state index contributed by atoms with van der Waals surface area (Å²) in [6, 6.07) is 10.9. The van der Waals surface area contributed by atoms with Crippen LogP contribution in [0, 0.1) is 6.92 Å². The lowest BCUT2D eigenvalue weighted by atomic mass is 10.2. The van der Waals surface area contributed by atoms with Crippen LogP contribution in [0.15, 0.2) is 36.4 Å². The molecule has 0 aliphatic carbocycles. The van der Waals surface area contributed by atoms with Gasteiger partial charge in [0.05, 0.1) is 30.7 Å². The lowest BCUT2D eigenvalue weighted by molar-refractivity contribution is 0.413. The van der Waals surface area contributed by atoms with Gasteiger partial charge in [-0.3, -0.25) is 9.29 Å². The Morgan fingerprint density at radius 3 is 2.39 bits per heavy atom. The summed E-state index contributed by atoms with van der Waals surface area (Å²) in [5.74, 6) is 0.671. The van der Waals surface area contributed by atoms with Gasteiger partial charge in [0.25, 0.3) is 0 Å². The molecule has 0 amide bonds. The van der Waals surface area contributed by atoms with Crippen LogP contribution in [0.5, 0.6) is 5.75 Å². The molecule has 2 aromatic rings. The molecule has 1 aliphatic heterocycles. The monoisotopic (exact) mass is 333 g/mol. The van der Waals surface area contributed by atoms with Gasteiger partial charge in [0, 0.05) is 24.4 Å². The minimum absolute atomic E-state index is 0.174. The number of para-hydroxylation sites is 2. The predicted octanol–water partition coefficient (Wildman–Crippen LogP) is 2.49. The van der Waals surface area contributed by atoms with Crippen molar-refractivity contribution in [3.8, 4) is 5.75 Å². The van der Waals surface area contributed by atoms with Crippen molar-refractivity contribution in [2.75, 3.05) is 22.3 Å². The van der Waals surface area contributed by atoms with E-state index in [1.54, 1.807) is 13.2 Å². The molecule has 0 unspecified atom stereocenters. The van der Waals surface area contributed by atoms with Gasteiger partial charge in [0.1, 0.15) is 5.75 Å². The van der Waals surface area contributed by atoms with Gasteiger partial charge in [-0.25, -0.2) is 4.31 Å². The number of fused-ring (bicyclic) bond motifs is 1. The zero-order chi connectivity index (χ0) is 16.6.